The molecule has 0 saturated heterocycles. The van der Waals surface area contributed by atoms with Crippen molar-refractivity contribution in [1.29, 1.82) is 0 Å². The van der Waals surface area contributed by atoms with Gasteiger partial charge in [-0.3, -0.25) is 4.79 Å². The summed E-state index contributed by atoms with van der Waals surface area (Å²) in [6.07, 6.45) is 2.48. The van der Waals surface area contributed by atoms with E-state index in [9.17, 15) is 19.3 Å². The van der Waals surface area contributed by atoms with Crippen LogP contribution in [0.25, 0.3) is 0 Å². The lowest BCUT2D eigenvalue weighted by atomic mass is 10.1. The smallest absolute Gasteiger partial charge is 0.415 e. The van der Waals surface area contributed by atoms with Gasteiger partial charge in [-0.05, 0) is 42.4 Å². The molecule has 0 aliphatic heterocycles. The molecule has 0 aliphatic carbocycles. The van der Waals surface area contributed by atoms with Gasteiger partial charge in [-0.2, -0.15) is 0 Å². The molecular weight excluding hydrogens is 537 g/mol. The summed E-state index contributed by atoms with van der Waals surface area (Å²) < 4.78 is 17.1. The highest BCUT2D eigenvalue weighted by Crippen LogP contribution is 2.50. The molecule has 38 heavy (non-hydrogen) atoms. The average molecular weight is 571 g/mol. The Morgan fingerprint density at radius 1 is 0.763 bits per heavy atom. The summed E-state index contributed by atoms with van der Waals surface area (Å²) >= 11 is 2.72. The van der Waals surface area contributed by atoms with Crippen molar-refractivity contribution in [2.45, 2.75) is 36.2 Å². The maximum Gasteiger partial charge on any atom is 0.415 e. The zero-order valence-electron chi connectivity index (χ0n) is 21.2. The molecule has 3 aromatic carbocycles. The standard InChI is InChI=1S/C29H32NO5PS2/c31-27(32)22-30(28(33)35-23-26-16-8-3-9-17-26)29(36-34,37-20-10-18-24-12-4-1-5-13-24)38-21-11-19-25-14-6-2-7-15-25/h1-9,12-17H,10-11,18-23H2,(H,31,32)/p+1. The van der Waals surface area contributed by atoms with Gasteiger partial charge in [0, 0.05) is 11.5 Å². The van der Waals surface area contributed by atoms with Crippen LogP contribution in [0.3, 0.4) is 0 Å². The van der Waals surface area contributed by atoms with E-state index in [0.717, 1.165) is 36.1 Å². The van der Waals surface area contributed by atoms with Crippen molar-refractivity contribution in [2.75, 3.05) is 18.1 Å². The molecular formula is C29H33NO5PS2+. The van der Waals surface area contributed by atoms with E-state index >= 15 is 0 Å². The van der Waals surface area contributed by atoms with Crippen molar-refractivity contribution in [3.8, 4) is 0 Å². The van der Waals surface area contributed by atoms with E-state index in [0.29, 0.717) is 11.5 Å². The molecule has 0 radical (unpaired) electrons. The van der Waals surface area contributed by atoms with Crippen molar-refractivity contribution in [1.82, 2.24) is 4.90 Å². The first-order chi connectivity index (χ1) is 18.5. The quantitative estimate of drug-likeness (QED) is 0.112. The lowest BCUT2D eigenvalue weighted by molar-refractivity contribution is -0.138. The Morgan fingerprint density at radius 2 is 1.21 bits per heavy atom. The molecule has 1 N–H and O–H groups in total. The number of aliphatic carboxylic acids is 1. The van der Waals surface area contributed by atoms with E-state index in [1.54, 1.807) is 0 Å². The average Bonchev–Trinajstić information content (AvgIpc) is 2.95. The molecule has 1 amide bonds. The molecule has 3 rings (SSSR count). The lowest BCUT2D eigenvalue weighted by Gasteiger charge is -2.31. The first-order valence-corrected chi connectivity index (χ1v) is 15.4. The molecule has 3 aromatic rings. The summed E-state index contributed by atoms with van der Waals surface area (Å²) in [6.45, 7) is -0.592. The zero-order chi connectivity index (χ0) is 27.1. The molecule has 0 aliphatic rings. The Morgan fingerprint density at radius 3 is 1.63 bits per heavy atom. The minimum atomic E-state index is -1.26. The first-order valence-electron chi connectivity index (χ1n) is 12.5. The van der Waals surface area contributed by atoms with E-state index in [1.165, 1.54) is 34.7 Å². The molecule has 0 heterocycles. The highest BCUT2D eigenvalue weighted by atomic mass is 32.2. The number of hydrogen-bond acceptors (Lipinski definition) is 6. The maximum atomic E-state index is 13.2. The van der Waals surface area contributed by atoms with E-state index in [-0.39, 0.29) is 6.61 Å². The second-order valence-corrected chi connectivity index (χ2v) is 13.1. The number of hydrogen-bond donors (Lipinski definition) is 1. The maximum absolute atomic E-state index is 13.2. The van der Waals surface area contributed by atoms with E-state index in [4.69, 9.17) is 4.74 Å². The molecule has 0 bridgehead atoms. The monoisotopic (exact) mass is 570 g/mol. The van der Waals surface area contributed by atoms with Crippen LogP contribution in [0.5, 0.6) is 0 Å². The number of carboxylic acid groups (broad SMARTS) is 1. The van der Waals surface area contributed by atoms with Crippen molar-refractivity contribution in [3.05, 3.63) is 108 Å². The van der Waals surface area contributed by atoms with Crippen LogP contribution in [0.4, 0.5) is 4.79 Å². The van der Waals surface area contributed by atoms with Gasteiger partial charge in [-0.15, -0.1) is 0 Å². The van der Waals surface area contributed by atoms with Crippen molar-refractivity contribution < 1.29 is 24.0 Å². The van der Waals surface area contributed by atoms with Gasteiger partial charge in [-0.25, -0.2) is 9.69 Å². The van der Waals surface area contributed by atoms with Crippen LogP contribution in [0.1, 0.15) is 29.5 Å². The second-order valence-electron chi connectivity index (χ2n) is 8.58. The summed E-state index contributed by atoms with van der Waals surface area (Å²) in [7, 11) is -0.944. The normalized spacial score (nSPS) is 11.3. The number of thioether (sulfide) groups is 2. The van der Waals surface area contributed by atoms with E-state index in [1.807, 2.05) is 66.7 Å². The third kappa shape index (κ3) is 9.82. The summed E-state index contributed by atoms with van der Waals surface area (Å²) in [4.78, 5) is 26.2. The molecule has 0 aromatic heterocycles. The van der Waals surface area contributed by atoms with Crippen LogP contribution in [-0.2, 0) is 33.5 Å². The van der Waals surface area contributed by atoms with Gasteiger partial charge in [0.2, 0.25) is 0 Å². The van der Waals surface area contributed by atoms with Crippen LogP contribution in [0.2, 0.25) is 0 Å². The number of rotatable bonds is 16. The molecule has 200 valence electrons. The fourth-order valence-electron chi connectivity index (χ4n) is 3.80. The molecule has 0 saturated carbocycles. The van der Waals surface area contributed by atoms with Crippen LogP contribution < -0.4 is 0 Å². The van der Waals surface area contributed by atoms with Gasteiger partial charge in [0.25, 0.3) is 0 Å². The van der Waals surface area contributed by atoms with Crippen molar-refractivity contribution in [3.63, 3.8) is 0 Å². The topological polar surface area (TPSA) is 83.9 Å². The third-order valence-corrected chi connectivity index (χ3v) is 10.5. The van der Waals surface area contributed by atoms with Crippen molar-refractivity contribution >= 4 is 44.0 Å². The lowest BCUT2D eigenvalue weighted by Crippen LogP contribution is -2.47. The van der Waals surface area contributed by atoms with E-state index < -0.39 is 31.0 Å². The number of benzene rings is 3. The minimum Gasteiger partial charge on any atom is -0.480 e. The van der Waals surface area contributed by atoms with Gasteiger partial charge in [0.05, 0.1) is 0 Å². The number of amides is 1. The summed E-state index contributed by atoms with van der Waals surface area (Å²) in [6, 6.07) is 29.3. The van der Waals surface area contributed by atoms with Gasteiger partial charge in [0.15, 0.2) is 0 Å². The molecule has 0 fully saturated rings. The number of carbonyl (C=O) groups excluding carboxylic acids is 1. The third-order valence-electron chi connectivity index (χ3n) is 5.70. The van der Waals surface area contributed by atoms with Gasteiger partial charge in [-0.1, -0.05) is 119 Å². The van der Waals surface area contributed by atoms with Gasteiger partial charge < -0.3 is 9.84 Å². The Bertz CT molecular complexity index is 1090. The number of aryl methyl sites for hydroxylation is 2. The number of ether oxygens (including phenoxy) is 1. The Balaban J connectivity index is 1.72. The predicted molar refractivity (Wildman–Crippen MR) is 157 cm³/mol. The minimum absolute atomic E-state index is 0.00515. The second kappa shape index (κ2) is 16.2. The Labute approximate surface area is 234 Å². The molecule has 9 heteroatoms. The summed E-state index contributed by atoms with van der Waals surface area (Å²) in [5.74, 6) is 0.0366. The Hall–Kier alpha value is -2.80. The van der Waals surface area contributed by atoms with Crippen LogP contribution in [-0.4, -0.2) is 44.1 Å². The van der Waals surface area contributed by atoms with Gasteiger partial charge >= 0.3 is 24.5 Å². The highest BCUT2D eigenvalue weighted by Gasteiger charge is 2.51. The fraction of sp³-hybridized carbons (Fsp3) is 0.310. The largest absolute Gasteiger partial charge is 0.480 e. The first kappa shape index (κ1) is 29.8. The van der Waals surface area contributed by atoms with Crippen LogP contribution in [0, 0.1) is 0 Å². The van der Waals surface area contributed by atoms with E-state index in [2.05, 4.69) is 24.3 Å². The zero-order valence-corrected chi connectivity index (χ0v) is 23.8. The number of nitrogens with zero attached hydrogens (tertiary/aromatic N) is 1. The van der Waals surface area contributed by atoms with Crippen LogP contribution in [0.15, 0.2) is 91.0 Å². The summed E-state index contributed by atoms with van der Waals surface area (Å²) in [5, 5.41) is 9.65. The fourth-order valence-corrected chi connectivity index (χ4v) is 7.71. The highest BCUT2D eigenvalue weighted by molar-refractivity contribution is 8.23. The number of carboxylic acids is 1. The molecule has 6 nitrogen and oxygen atoms in total. The molecule has 1 unspecified atom stereocenters. The Kier molecular flexibility index (Phi) is 12.7. The molecule has 0 spiro atoms. The van der Waals surface area contributed by atoms with Gasteiger partial charge in [0.1, 0.15) is 13.2 Å². The summed E-state index contributed by atoms with van der Waals surface area (Å²) in [5.41, 5.74) is 3.18. The van der Waals surface area contributed by atoms with Crippen LogP contribution >= 0.6 is 32.0 Å². The SMILES string of the molecule is O=[PH+]C(SCCCc1ccccc1)(SCCCc1ccccc1)N(CC(=O)O)C(=O)OCc1ccccc1. The molecule has 1 atom stereocenters. The van der Waals surface area contributed by atoms with Crippen molar-refractivity contribution in [2.24, 2.45) is 0 Å². The predicted octanol–water partition coefficient (Wildman–Crippen LogP) is 7.08. The number of carbonyl (C=O) groups is 2.